The van der Waals surface area contributed by atoms with E-state index in [1.807, 2.05) is 6.92 Å². The van der Waals surface area contributed by atoms with Crippen molar-refractivity contribution in [1.82, 2.24) is 5.32 Å². The second-order valence-electron chi connectivity index (χ2n) is 3.50. The second kappa shape index (κ2) is 5.98. The quantitative estimate of drug-likeness (QED) is 0.511. The highest BCUT2D eigenvalue weighted by atomic mass is 32.1. The van der Waals surface area contributed by atoms with Gasteiger partial charge in [0.25, 0.3) is 0 Å². The van der Waals surface area contributed by atoms with E-state index in [0.717, 1.165) is 18.8 Å². The highest BCUT2D eigenvalue weighted by molar-refractivity contribution is 7.80. The monoisotopic (exact) mass is 214 g/mol. The van der Waals surface area contributed by atoms with Gasteiger partial charge in [-0.3, -0.25) is 0 Å². The van der Waals surface area contributed by atoms with Crippen LogP contribution in [0.15, 0.2) is 11.8 Å². The number of thiocarbonyl (C=S) groups is 1. The zero-order valence-electron chi connectivity index (χ0n) is 8.58. The summed E-state index contributed by atoms with van der Waals surface area (Å²) in [5.41, 5.74) is 6.32. The van der Waals surface area contributed by atoms with Gasteiger partial charge in [-0.15, -0.1) is 0 Å². The first-order chi connectivity index (χ1) is 6.70. The minimum Gasteiger partial charge on any atom is -0.390 e. The molecule has 2 aliphatic rings. The summed E-state index contributed by atoms with van der Waals surface area (Å²) in [5.74, 6) is 0. The molecule has 0 aromatic carbocycles. The first-order valence-electron chi connectivity index (χ1n) is 5.06. The van der Waals surface area contributed by atoms with E-state index in [1.54, 1.807) is 6.08 Å². The van der Waals surface area contributed by atoms with Crippen LogP contribution in [-0.2, 0) is 4.74 Å². The average Bonchev–Trinajstić information content (AvgIpc) is 2.94. The number of nitrogens with one attached hydrogen (secondary N) is 1. The first-order valence-corrected chi connectivity index (χ1v) is 5.47. The van der Waals surface area contributed by atoms with Gasteiger partial charge in [-0.05, 0) is 13.0 Å². The number of hydrogen-bond acceptors (Lipinski definition) is 3. The number of rotatable bonds is 1. The van der Waals surface area contributed by atoms with Gasteiger partial charge in [0.15, 0.2) is 0 Å². The summed E-state index contributed by atoms with van der Waals surface area (Å²) in [5, 5.41) is 3.17. The fraction of sp³-hybridized carbons (Fsp3) is 0.700. The van der Waals surface area contributed by atoms with E-state index in [2.05, 4.69) is 5.32 Å². The van der Waals surface area contributed by atoms with Gasteiger partial charge in [-0.25, -0.2) is 0 Å². The van der Waals surface area contributed by atoms with Crippen LogP contribution < -0.4 is 11.1 Å². The molecule has 1 aliphatic heterocycles. The van der Waals surface area contributed by atoms with Gasteiger partial charge in [-0.1, -0.05) is 31.5 Å². The molecule has 0 bridgehead atoms. The normalized spacial score (nSPS) is 27.2. The summed E-state index contributed by atoms with van der Waals surface area (Å²) in [7, 11) is 0. The zero-order valence-corrected chi connectivity index (χ0v) is 9.40. The Kier molecular flexibility index (Phi) is 4.90. The van der Waals surface area contributed by atoms with Crippen LogP contribution in [0.3, 0.4) is 0 Å². The van der Waals surface area contributed by atoms with E-state index < -0.39 is 0 Å². The topological polar surface area (TPSA) is 47.3 Å². The number of nitrogens with two attached hydrogens (primary N) is 1. The summed E-state index contributed by atoms with van der Waals surface area (Å²) in [6.45, 7) is 3.55. The molecule has 3 N–H and O–H groups in total. The summed E-state index contributed by atoms with van der Waals surface area (Å²) in [6, 6.07) is 0. The van der Waals surface area contributed by atoms with Crippen molar-refractivity contribution in [2.24, 2.45) is 5.73 Å². The van der Waals surface area contributed by atoms with Crippen molar-refractivity contribution in [3.63, 3.8) is 0 Å². The van der Waals surface area contributed by atoms with Crippen molar-refractivity contribution >= 4 is 17.2 Å². The molecule has 3 nitrogen and oxygen atoms in total. The minimum atomic E-state index is 0.0882. The molecule has 1 unspecified atom stereocenters. The molecule has 0 aromatic rings. The van der Waals surface area contributed by atoms with Gasteiger partial charge < -0.3 is 15.8 Å². The maximum Gasteiger partial charge on any atom is 0.0980 e. The Morgan fingerprint density at radius 3 is 2.64 bits per heavy atom. The molecular formula is C10H18N2OS. The molecule has 0 spiro atoms. The molecule has 1 aliphatic carbocycles. The van der Waals surface area contributed by atoms with E-state index in [9.17, 15) is 0 Å². The Balaban J connectivity index is 0.000000276. The Labute approximate surface area is 90.7 Å². The van der Waals surface area contributed by atoms with E-state index in [0.29, 0.717) is 4.99 Å². The molecule has 0 amide bonds. The molecule has 1 saturated carbocycles. The predicted molar refractivity (Wildman–Crippen MR) is 62.1 cm³/mol. The molecule has 80 valence electrons. The van der Waals surface area contributed by atoms with Crippen LogP contribution in [0.1, 0.15) is 26.2 Å². The van der Waals surface area contributed by atoms with Crippen molar-refractivity contribution in [2.45, 2.75) is 32.3 Å². The largest absolute Gasteiger partial charge is 0.390 e. The van der Waals surface area contributed by atoms with E-state index in [1.165, 1.54) is 19.3 Å². The molecule has 1 atom stereocenters. The van der Waals surface area contributed by atoms with Gasteiger partial charge in [0.1, 0.15) is 0 Å². The van der Waals surface area contributed by atoms with Crippen molar-refractivity contribution in [3.8, 4) is 0 Å². The third-order valence-electron chi connectivity index (χ3n) is 1.89. The van der Waals surface area contributed by atoms with Gasteiger partial charge in [0.2, 0.25) is 0 Å². The maximum absolute atomic E-state index is 5.35. The van der Waals surface area contributed by atoms with Gasteiger partial charge in [0.05, 0.1) is 17.7 Å². The molecule has 0 radical (unpaired) electrons. The smallest absolute Gasteiger partial charge is 0.0980 e. The second-order valence-corrected chi connectivity index (χ2v) is 3.97. The standard InChI is InChI=1S/C7H12N2OS.C3H6/c1-5-6(4-7(8)11)9-2-3-10-5;1-2-3-1/h4-5,9H,2-3H2,1H3,(H2,8,11);1-3H2/b6-4-;. The molecule has 1 heterocycles. The Morgan fingerprint density at radius 2 is 2.21 bits per heavy atom. The van der Waals surface area contributed by atoms with Crippen molar-refractivity contribution in [1.29, 1.82) is 0 Å². The lowest BCUT2D eigenvalue weighted by atomic mass is 10.2. The Bertz CT molecular complexity index is 223. The van der Waals surface area contributed by atoms with Gasteiger partial charge >= 0.3 is 0 Å². The molecular weight excluding hydrogens is 196 g/mol. The lowest BCUT2D eigenvalue weighted by Crippen LogP contribution is -2.35. The molecule has 0 aromatic heterocycles. The van der Waals surface area contributed by atoms with Crippen LogP contribution in [0.2, 0.25) is 0 Å². The van der Waals surface area contributed by atoms with Crippen LogP contribution in [0.4, 0.5) is 0 Å². The zero-order chi connectivity index (χ0) is 10.4. The predicted octanol–water partition coefficient (Wildman–Crippen LogP) is 1.34. The van der Waals surface area contributed by atoms with Crippen LogP contribution in [0.25, 0.3) is 0 Å². The maximum atomic E-state index is 5.35. The highest BCUT2D eigenvalue weighted by Crippen LogP contribution is 2.14. The van der Waals surface area contributed by atoms with Crippen molar-refractivity contribution < 1.29 is 4.74 Å². The fourth-order valence-corrected chi connectivity index (χ4v) is 1.11. The summed E-state index contributed by atoms with van der Waals surface area (Å²) in [4.78, 5) is 0.393. The summed E-state index contributed by atoms with van der Waals surface area (Å²) in [6.07, 6.45) is 6.32. The Morgan fingerprint density at radius 1 is 1.57 bits per heavy atom. The summed E-state index contributed by atoms with van der Waals surface area (Å²) >= 11 is 4.74. The molecule has 14 heavy (non-hydrogen) atoms. The lowest BCUT2D eigenvalue weighted by Gasteiger charge is -2.24. The fourth-order valence-electron chi connectivity index (χ4n) is 0.986. The Hall–Kier alpha value is -0.610. The molecule has 2 rings (SSSR count). The number of hydrogen-bond donors (Lipinski definition) is 2. The van der Waals surface area contributed by atoms with Crippen LogP contribution >= 0.6 is 12.2 Å². The third-order valence-corrected chi connectivity index (χ3v) is 2.01. The molecule has 1 saturated heterocycles. The minimum absolute atomic E-state index is 0.0882. The van der Waals surface area contributed by atoms with E-state index in [4.69, 9.17) is 22.7 Å². The number of ether oxygens (including phenoxy) is 1. The SMILES string of the molecule is C1CC1.CC1OCCN/C1=C\C(N)=S. The third kappa shape index (κ3) is 5.19. The first kappa shape index (κ1) is 11.5. The average molecular weight is 214 g/mol. The van der Waals surface area contributed by atoms with Crippen LogP contribution in [-0.4, -0.2) is 24.2 Å². The molecule has 4 heteroatoms. The number of morpholine rings is 1. The highest BCUT2D eigenvalue weighted by Gasteiger charge is 2.13. The van der Waals surface area contributed by atoms with Crippen molar-refractivity contribution in [2.75, 3.05) is 13.2 Å². The summed E-state index contributed by atoms with van der Waals surface area (Å²) < 4.78 is 5.35. The van der Waals surface area contributed by atoms with Crippen LogP contribution in [0, 0.1) is 0 Å². The van der Waals surface area contributed by atoms with Crippen molar-refractivity contribution in [3.05, 3.63) is 11.8 Å². The van der Waals surface area contributed by atoms with E-state index >= 15 is 0 Å². The van der Waals surface area contributed by atoms with E-state index in [-0.39, 0.29) is 6.10 Å². The molecule has 2 fully saturated rings. The van der Waals surface area contributed by atoms with Gasteiger partial charge in [0, 0.05) is 12.2 Å². The van der Waals surface area contributed by atoms with Crippen LogP contribution in [0.5, 0.6) is 0 Å². The van der Waals surface area contributed by atoms with Gasteiger partial charge in [-0.2, -0.15) is 0 Å². The lowest BCUT2D eigenvalue weighted by molar-refractivity contribution is 0.0661.